The van der Waals surface area contributed by atoms with Crippen molar-refractivity contribution in [2.24, 2.45) is 5.73 Å². The van der Waals surface area contributed by atoms with E-state index in [0.29, 0.717) is 5.69 Å². The van der Waals surface area contributed by atoms with Crippen molar-refractivity contribution in [1.82, 2.24) is 19.5 Å². The molecule has 0 atom stereocenters. The number of hydrogen-bond donors (Lipinski definition) is 2. The van der Waals surface area contributed by atoms with E-state index in [9.17, 15) is 18.4 Å². The Labute approximate surface area is 169 Å². The number of amides is 1. The summed E-state index contributed by atoms with van der Waals surface area (Å²) in [6.07, 6.45) is 4.88. The van der Waals surface area contributed by atoms with Crippen LogP contribution in [0.2, 0.25) is 0 Å². The van der Waals surface area contributed by atoms with E-state index >= 15 is 0 Å². The quantitative estimate of drug-likeness (QED) is 0.637. The van der Waals surface area contributed by atoms with E-state index in [1.165, 1.54) is 53.6 Å². The van der Waals surface area contributed by atoms with Gasteiger partial charge in [-0.05, 0) is 31.0 Å². The topological polar surface area (TPSA) is 116 Å². The van der Waals surface area contributed by atoms with Gasteiger partial charge in [-0.3, -0.25) is 19.1 Å². The standard InChI is InChI=1S/C20H18F2N6O2/c21-13-6-20(7-13,17-15(22)2-1-5-24-17)11-27-19-25-8-14(9-26-19)28-10-12(18(23)30)3-4-16(28)29/h1-5,8-10,13H,6-7,11H2,(H2,23,30)(H,25,26,27). The summed E-state index contributed by atoms with van der Waals surface area (Å²) in [4.78, 5) is 35.8. The van der Waals surface area contributed by atoms with Gasteiger partial charge in [0.15, 0.2) is 0 Å². The molecule has 3 aromatic heterocycles. The number of anilines is 1. The minimum absolute atomic E-state index is 0.154. The number of nitrogens with one attached hydrogen (secondary N) is 1. The highest BCUT2D eigenvalue weighted by Crippen LogP contribution is 2.45. The molecule has 3 aromatic rings. The number of pyridine rings is 2. The van der Waals surface area contributed by atoms with E-state index in [1.807, 2.05) is 0 Å². The summed E-state index contributed by atoms with van der Waals surface area (Å²) in [6.45, 7) is 0.206. The molecule has 3 N–H and O–H groups in total. The number of carbonyl (C=O) groups excluding carboxylic acids is 1. The molecule has 1 fully saturated rings. The summed E-state index contributed by atoms with van der Waals surface area (Å²) in [5.41, 5.74) is 4.82. The van der Waals surface area contributed by atoms with E-state index in [2.05, 4.69) is 20.3 Å². The van der Waals surface area contributed by atoms with Crippen LogP contribution in [0.5, 0.6) is 0 Å². The maximum Gasteiger partial charge on any atom is 0.255 e. The highest BCUT2D eigenvalue weighted by Gasteiger charge is 2.48. The van der Waals surface area contributed by atoms with Gasteiger partial charge in [-0.2, -0.15) is 0 Å². The molecule has 1 aliphatic carbocycles. The molecule has 1 saturated carbocycles. The Hall–Kier alpha value is -3.69. The number of aromatic nitrogens is 4. The largest absolute Gasteiger partial charge is 0.366 e. The van der Waals surface area contributed by atoms with Crippen molar-refractivity contribution in [2.45, 2.75) is 24.4 Å². The number of hydrogen-bond acceptors (Lipinski definition) is 6. The van der Waals surface area contributed by atoms with E-state index in [1.54, 1.807) is 0 Å². The molecule has 1 aliphatic rings. The van der Waals surface area contributed by atoms with Gasteiger partial charge in [-0.1, -0.05) is 0 Å². The van der Waals surface area contributed by atoms with E-state index in [-0.39, 0.29) is 42.2 Å². The van der Waals surface area contributed by atoms with Crippen LogP contribution in [0, 0.1) is 5.82 Å². The molecule has 30 heavy (non-hydrogen) atoms. The number of nitrogens with zero attached hydrogens (tertiary/aromatic N) is 4. The molecular formula is C20H18F2N6O2. The van der Waals surface area contributed by atoms with Gasteiger partial charge in [0.2, 0.25) is 11.9 Å². The summed E-state index contributed by atoms with van der Waals surface area (Å²) in [6, 6.07) is 5.35. The lowest BCUT2D eigenvalue weighted by Gasteiger charge is -2.43. The van der Waals surface area contributed by atoms with Gasteiger partial charge in [0, 0.05) is 30.4 Å². The summed E-state index contributed by atoms with van der Waals surface area (Å²) >= 11 is 0. The van der Waals surface area contributed by atoms with Crippen LogP contribution in [0.4, 0.5) is 14.7 Å². The summed E-state index contributed by atoms with van der Waals surface area (Å²) in [7, 11) is 0. The summed E-state index contributed by atoms with van der Waals surface area (Å²) in [5.74, 6) is -0.909. The zero-order valence-electron chi connectivity index (χ0n) is 15.8. The van der Waals surface area contributed by atoms with Crippen LogP contribution >= 0.6 is 0 Å². The third-order valence-electron chi connectivity index (χ3n) is 5.18. The number of carbonyl (C=O) groups is 1. The van der Waals surface area contributed by atoms with Gasteiger partial charge in [-0.25, -0.2) is 18.7 Å². The third kappa shape index (κ3) is 3.63. The summed E-state index contributed by atoms with van der Waals surface area (Å²) in [5, 5.41) is 3.00. The molecule has 0 radical (unpaired) electrons. The van der Waals surface area contributed by atoms with Gasteiger partial charge in [-0.15, -0.1) is 0 Å². The fraction of sp³-hybridized carbons (Fsp3) is 0.250. The monoisotopic (exact) mass is 412 g/mol. The van der Waals surface area contributed by atoms with E-state index < -0.39 is 23.3 Å². The average Bonchev–Trinajstić information content (AvgIpc) is 2.71. The van der Waals surface area contributed by atoms with Crippen LogP contribution in [0.1, 0.15) is 28.9 Å². The molecule has 3 heterocycles. The Morgan fingerprint density at radius 2 is 1.97 bits per heavy atom. The van der Waals surface area contributed by atoms with Crippen LogP contribution in [0.3, 0.4) is 0 Å². The predicted octanol–water partition coefficient (Wildman–Crippen LogP) is 1.74. The highest BCUT2D eigenvalue weighted by molar-refractivity contribution is 5.92. The van der Waals surface area contributed by atoms with Crippen LogP contribution in [-0.4, -0.2) is 38.1 Å². The fourth-order valence-electron chi connectivity index (χ4n) is 3.61. The second-order valence-corrected chi connectivity index (χ2v) is 7.23. The van der Waals surface area contributed by atoms with Crippen LogP contribution in [-0.2, 0) is 5.41 Å². The maximum atomic E-state index is 14.2. The molecule has 1 amide bonds. The van der Waals surface area contributed by atoms with Gasteiger partial charge in [0.25, 0.3) is 5.56 Å². The number of rotatable bonds is 6. The number of primary amides is 1. The summed E-state index contributed by atoms with van der Waals surface area (Å²) < 4.78 is 29.1. The minimum atomic E-state index is -1.01. The molecule has 0 aliphatic heterocycles. The molecule has 0 spiro atoms. The first kappa shape index (κ1) is 19.6. The average molecular weight is 412 g/mol. The van der Waals surface area contributed by atoms with Gasteiger partial charge in [0.05, 0.1) is 29.3 Å². The number of halogens is 2. The SMILES string of the molecule is NC(=O)c1ccc(=O)n(-c2cnc(NCC3(c4ncccc4F)CC(F)C3)nc2)c1. The van der Waals surface area contributed by atoms with Crippen LogP contribution in [0.15, 0.2) is 53.8 Å². The molecule has 154 valence electrons. The van der Waals surface area contributed by atoms with E-state index in [0.717, 1.165) is 0 Å². The maximum absolute atomic E-state index is 14.2. The second kappa shape index (κ2) is 7.62. The third-order valence-corrected chi connectivity index (χ3v) is 5.18. The molecule has 8 nitrogen and oxygen atoms in total. The van der Waals surface area contributed by atoms with Crippen molar-refractivity contribution in [3.8, 4) is 5.69 Å². The molecule has 0 unspecified atom stereocenters. The Balaban J connectivity index is 1.53. The Morgan fingerprint density at radius 3 is 2.60 bits per heavy atom. The van der Waals surface area contributed by atoms with Crippen molar-refractivity contribution in [2.75, 3.05) is 11.9 Å². The smallest absolute Gasteiger partial charge is 0.255 e. The van der Waals surface area contributed by atoms with Crippen molar-refractivity contribution < 1.29 is 13.6 Å². The number of nitrogens with two attached hydrogens (primary N) is 1. The van der Waals surface area contributed by atoms with Gasteiger partial charge < -0.3 is 11.1 Å². The van der Waals surface area contributed by atoms with E-state index in [4.69, 9.17) is 5.73 Å². The zero-order chi connectivity index (χ0) is 21.3. The second-order valence-electron chi connectivity index (χ2n) is 7.23. The molecule has 0 bridgehead atoms. The van der Waals surface area contributed by atoms with Crippen molar-refractivity contribution in [1.29, 1.82) is 0 Å². The van der Waals surface area contributed by atoms with Gasteiger partial charge >= 0.3 is 0 Å². The van der Waals surface area contributed by atoms with Crippen LogP contribution in [0.25, 0.3) is 5.69 Å². The Morgan fingerprint density at radius 1 is 1.23 bits per heavy atom. The lowest BCUT2D eigenvalue weighted by atomic mass is 9.65. The van der Waals surface area contributed by atoms with Crippen molar-refractivity contribution in [3.05, 3.63) is 76.5 Å². The lowest BCUT2D eigenvalue weighted by molar-refractivity contribution is 0.0963. The molecule has 0 saturated heterocycles. The molecular weight excluding hydrogens is 394 g/mol. The number of alkyl halides is 1. The first-order valence-corrected chi connectivity index (χ1v) is 9.22. The normalized spacial score (nSPS) is 20.4. The van der Waals surface area contributed by atoms with Crippen molar-refractivity contribution in [3.63, 3.8) is 0 Å². The zero-order valence-corrected chi connectivity index (χ0v) is 15.8. The molecule has 0 aromatic carbocycles. The van der Waals surface area contributed by atoms with Crippen LogP contribution < -0.4 is 16.6 Å². The minimum Gasteiger partial charge on any atom is -0.366 e. The first-order valence-electron chi connectivity index (χ1n) is 9.22. The van der Waals surface area contributed by atoms with Gasteiger partial charge in [0.1, 0.15) is 12.0 Å². The Kier molecular flexibility index (Phi) is 4.98. The molecule has 10 heteroatoms. The van der Waals surface area contributed by atoms with Crippen molar-refractivity contribution >= 4 is 11.9 Å². The fourth-order valence-corrected chi connectivity index (χ4v) is 3.61. The Bertz CT molecular complexity index is 1140. The highest BCUT2D eigenvalue weighted by atomic mass is 19.1. The molecule has 4 rings (SSSR count). The lowest BCUT2D eigenvalue weighted by Crippen LogP contribution is -2.49. The first-order chi connectivity index (χ1) is 14.4. The predicted molar refractivity (Wildman–Crippen MR) is 105 cm³/mol.